The average molecular weight is 303 g/mol. The van der Waals surface area contributed by atoms with Gasteiger partial charge in [-0.05, 0) is 18.8 Å². The molecule has 0 aliphatic carbocycles. The zero-order valence-electron chi connectivity index (χ0n) is 13.0. The van der Waals surface area contributed by atoms with Crippen molar-refractivity contribution in [3.8, 4) is 11.8 Å². The fourth-order valence-corrected chi connectivity index (χ4v) is 2.83. The Morgan fingerprint density at radius 2 is 2.00 bits per heavy atom. The Morgan fingerprint density at radius 1 is 1.23 bits per heavy atom. The lowest BCUT2D eigenvalue weighted by Gasteiger charge is -2.33. The van der Waals surface area contributed by atoms with Gasteiger partial charge in [0.15, 0.2) is 0 Å². The quantitative estimate of drug-likeness (QED) is 0.836. The summed E-state index contributed by atoms with van der Waals surface area (Å²) in [5, 5.41) is 0. The molecular weight excluding hydrogens is 282 g/mol. The van der Waals surface area contributed by atoms with Crippen LogP contribution in [0.4, 0.5) is 5.95 Å². The topological polar surface area (TPSA) is 65.3 Å². The molecule has 1 fully saturated rings. The highest BCUT2D eigenvalue weighted by Crippen LogP contribution is 2.25. The number of rotatable bonds is 5. The molecule has 0 N–H and O–H groups in total. The highest BCUT2D eigenvalue weighted by molar-refractivity contribution is 5.37. The van der Waals surface area contributed by atoms with Crippen molar-refractivity contribution in [2.45, 2.75) is 19.4 Å². The molecule has 0 spiro atoms. The molecule has 22 heavy (non-hydrogen) atoms. The first-order chi connectivity index (χ1) is 10.8. The summed E-state index contributed by atoms with van der Waals surface area (Å²) >= 11 is 0. The van der Waals surface area contributed by atoms with Crippen LogP contribution in [0.5, 0.6) is 11.8 Å². The predicted molar refractivity (Wildman–Crippen MR) is 82.3 cm³/mol. The second-order valence-corrected chi connectivity index (χ2v) is 5.47. The predicted octanol–water partition coefficient (Wildman–Crippen LogP) is 1.61. The van der Waals surface area contributed by atoms with Crippen molar-refractivity contribution in [1.29, 1.82) is 0 Å². The van der Waals surface area contributed by atoms with Gasteiger partial charge in [0.1, 0.15) is 0 Å². The van der Waals surface area contributed by atoms with Crippen LogP contribution < -0.4 is 14.4 Å². The molecule has 118 valence electrons. The van der Waals surface area contributed by atoms with Crippen LogP contribution in [0.3, 0.4) is 0 Å². The lowest BCUT2D eigenvalue weighted by Crippen LogP contribution is -2.38. The summed E-state index contributed by atoms with van der Waals surface area (Å²) in [6.07, 6.45) is 8.02. The van der Waals surface area contributed by atoms with Crippen LogP contribution in [0.15, 0.2) is 24.8 Å². The lowest BCUT2D eigenvalue weighted by atomic mass is 9.98. The van der Waals surface area contributed by atoms with Gasteiger partial charge in [-0.3, -0.25) is 0 Å². The van der Waals surface area contributed by atoms with E-state index in [4.69, 9.17) is 9.47 Å². The van der Waals surface area contributed by atoms with E-state index < -0.39 is 0 Å². The van der Waals surface area contributed by atoms with Gasteiger partial charge in [0.05, 0.1) is 26.6 Å². The number of hydrogen-bond donors (Lipinski definition) is 0. The third kappa shape index (κ3) is 3.29. The van der Waals surface area contributed by atoms with Crippen LogP contribution in [0.25, 0.3) is 0 Å². The first-order valence-electron chi connectivity index (χ1n) is 7.46. The van der Waals surface area contributed by atoms with E-state index in [-0.39, 0.29) is 0 Å². The molecule has 0 radical (unpaired) electrons. The molecule has 0 saturated carbocycles. The molecule has 2 aromatic rings. The summed E-state index contributed by atoms with van der Waals surface area (Å²) in [6.45, 7) is 2.85. The van der Waals surface area contributed by atoms with E-state index in [1.807, 2.05) is 18.7 Å². The minimum absolute atomic E-state index is 0.526. The number of ether oxygens (including phenoxy) is 2. The Morgan fingerprint density at radius 3 is 2.64 bits per heavy atom. The Labute approximate surface area is 129 Å². The molecule has 0 unspecified atom stereocenters. The summed E-state index contributed by atoms with van der Waals surface area (Å²) in [5.41, 5.74) is 0. The Bertz CT molecular complexity index is 580. The molecule has 1 atom stereocenters. The standard InChI is InChI=1S/C15H21N5O2/c1-21-13-8-14(22-2)18-15(17-13)20-6-3-4-12(10-20)9-19-7-5-16-11-19/h5,7-8,11-12H,3-4,6,9-10H2,1-2H3/t12-/m1/s1. The van der Waals surface area contributed by atoms with Gasteiger partial charge in [0, 0.05) is 32.0 Å². The zero-order valence-corrected chi connectivity index (χ0v) is 13.0. The monoisotopic (exact) mass is 303 g/mol. The van der Waals surface area contributed by atoms with Gasteiger partial charge < -0.3 is 18.9 Å². The second kappa shape index (κ2) is 6.64. The van der Waals surface area contributed by atoms with E-state index >= 15 is 0 Å². The molecule has 7 nitrogen and oxygen atoms in total. The molecule has 3 heterocycles. The van der Waals surface area contributed by atoms with Gasteiger partial charge in [-0.1, -0.05) is 0 Å². The van der Waals surface area contributed by atoms with E-state index in [0.29, 0.717) is 23.6 Å². The largest absolute Gasteiger partial charge is 0.481 e. The molecule has 2 aromatic heterocycles. The van der Waals surface area contributed by atoms with E-state index in [1.54, 1.807) is 20.3 Å². The number of methoxy groups -OCH3 is 2. The molecule has 1 aliphatic heterocycles. The molecular formula is C15H21N5O2. The number of imidazole rings is 1. The SMILES string of the molecule is COc1cc(OC)nc(N2CCC[C@H](Cn3ccnc3)C2)n1. The summed E-state index contributed by atoms with van der Waals surface area (Å²) in [7, 11) is 3.20. The molecule has 0 aromatic carbocycles. The normalized spacial score (nSPS) is 18.3. The number of nitrogens with zero attached hydrogens (tertiary/aromatic N) is 5. The van der Waals surface area contributed by atoms with E-state index in [2.05, 4.69) is 24.4 Å². The van der Waals surface area contributed by atoms with Gasteiger partial charge in [-0.15, -0.1) is 0 Å². The summed E-state index contributed by atoms with van der Waals surface area (Å²) in [4.78, 5) is 15.2. The Balaban J connectivity index is 1.73. The molecule has 3 rings (SSSR count). The van der Waals surface area contributed by atoms with Crippen molar-refractivity contribution < 1.29 is 9.47 Å². The first-order valence-corrected chi connectivity index (χ1v) is 7.46. The molecule has 0 amide bonds. The summed E-state index contributed by atoms with van der Waals surface area (Å²) < 4.78 is 12.6. The number of hydrogen-bond acceptors (Lipinski definition) is 6. The van der Waals surface area contributed by atoms with Crippen LogP contribution in [-0.2, 0) is 6.54 Å². The van der Waals surface area contributed by atoms with Gasteiger partial charge in [0.25, 0.3) is 0 Å². The van der Waals surface area contributed by atoms with Crippen LogP contribution >= 0.6 is 0 Å². The number of anilines is 1. The first kappa shape index (κ1) is 14.6. The number of aromatic nitrogens is 4. The minimum Gasteiger partial charge on any atom is -0.481 e. The maximum Gasteiger partial charge on any atom is 0.231 e. The molecule has 7 heteroatoms. The van der Waals surface area contributed by atoms with Gasteiger partial charge >= 0.3 is 0 Å². The molecule has 1 saturated heterocycles. The van der Waals surface area contributed by atoms with E-state index in [1.165, 1.54) is 6.42 Å². The van der Waals surface area contributed by atoms with Gasteiger partial charge in [-0.2, -0.15) is 9.97 Å². The number of piperidine rings is 1. The van der Waals surface area contributed by atoms with Crippen LogP contribution in [-0.4, -0.2) is 46.8 Å². The highest BCUT2D eigenvalue weighted by atomic mass is 16.5. The van der Waals surface area contributed by atoms with Crippen molar-refractivity contribution in [1.82, 2.24) is 19.5 Å². The second-order valence-electron chi connectivity index (χ2n) is 5.47. The van der Waals surface area contributed by atoms with Crippen LogP contribution in [0.2, 0.25) is 0 Å². The zero-order chi connectivity index (χ0) is 15.4. The van der Waals surface area contributed by atoms with Crippen LogP contribution in [0, 0.1) is 5.92 Å². The van der Waals surface area contributed by atoms with Gasteiger partial charge in [-0.25, -0.2) is 4.98 Å². The summed E-state index contributed by atoms with van der Waals surface area (Å²) in [6, 6.07) is 1.69. The summed E-state index contributed by atoms with van der Waals surface area (Å²) in [5.74, 6) is 2.28. The van der Waals surface area contributed by atoms with Gasteiger partial charge in [0.2, 0.25) is 17.7 Å². The fraction of sp³-hybridized carbons (Fsp3) is 0.533. The molecule has 0 bridgehead atoms. The maximum atomic E-state index is 5.23. The van der Waals surface area contributed by atoms with Crippen molar-refractivity contribution in [2.75, 3.05) is 32.2 Å². The average Bonchev–Trinajstić information content (AvgIpc) is 3.07. The fourth-order valence-electron chi connectivity index (χ4n) is 2.83. The van der Waals surface area contributed by atoms with E-state index in [9.17, 15) is 0 Å². The smallest absolute Gasteiger partial charge is 0.231 e. The third-order valence-electron chi connectivity index (χ3n) is 3.92. The van der Waals surface area contributed by atoms with Crippen LogP contribution in [0.1, 0.15) is 12.8 Å². The van der Waals surface area contributed by atoms with Crippen molar-refractivity contribution in [3.63, 3.8) is 0 Å². The third-order valence-corrected chi connectivity index (χ3v) is 3.92. The van der Waals surface area contributed by atoms with Crippen molar-refractivity contribution in [3.05, 3.63) is 24.8 Å². The molecule has 1 aliphatic rings. The van der Waals surface area contributed by atoms with Crippen molar-refractivity contribution in [2.24, 2.45) is 5.92 Å². The maximum absolute atomic E-state index is 5.23. The van der Waals surface area contributed by atoms with E-state index in [0.717, 1.165) is 26.1 Å². The highest BCUT2D eigenvalue weighted by Gasteiger charge is 2.23. The minimum atomic E-state index is 0.526. The lowest BCUT2D eigenvalue weighted by molar-refractivity contribution is 0.353. The van der Waals surface area contributed by atoms with Crippen molar-refractivity contribution >= 4 is 5.95 Å². The Kier molecular flexibility index (Phi) is 4.41. The Hall–Kier alpha value is -2.31.